The Morgan fingerprint density at radius 2 is 1.90 bits per heavy atom. The lowest BCUT2D eigenvalue weighted by Crippen LogP contribution is -2.11. The molecule has 4 aromatic rings. The molecule has 0 saturated heterocycles. The maximum absolute atomic E-state index is 13.0. The smallest absolute Gasteiger partial charge is 0.344 e. The van der Waals surface area contributed by atoms with Crippen molar-refractivity contribution in [2.45, 2.75) is 6.92 Å². The van der Waals surface area contributed by atoms with Crippen LogP contribution in [0, 0.1) is 17.0 Å². The number of carbonyl (C=O) groups excluding carboxylic acids is 1. The van der Waals surface area contributed by atoms with Crippen LogP contribution in [0.2, 0.25) is 0 Å². The number of aromatic nitrogens is 2. The van der Waals surface area contributed by atoms with Gasteiger partial charge in [0.15, 0.2) is 0 Å². The Morgan fingerprint density at radius 3 is 2.60 bits per heavy atom. The zero-order chi connectivity index (χ0) is 21.3. The standard InChI is InChI=1S/C21H15N3O6/c1-12-19-15(11-16(22-20(19)30-23-12)13-6-4-3-5-7-13)21(25)29-18-9-8-14(28-2)10-17(18)24(26)27/h3-11H,1-2H3. The van der Waals surface area contributed by atoms with Gasteiger partial charge in [0.25, 0.3) is 5.71 Å². The van der Waals surface area contributed by atoms with Gasteiger partial charge in [0, 0.05) is 5.56 Å². The van der Waals surface area contributed by atoms with E-state index in [1.165, 1.54) is 25.3 Å². The predicted octanol–water partition coefficient (Wildman–Crippen LogP) is 4.33. The van der Waals surface area contributed by atoms with Gasteiger partial charge >= 0.3 is 11.7 Å². The summed E-state index contributed by atoms with van der Waals surface area (Å²) >= 11 is 0. The second-order valence-electron chi connectivity index (χ2n) is 6.35. The van der Waals surface area contributed by atoms with E-state index >= 15 is 0 Å². The molecule has 9 heteroatoms. The normalized spacial score (nSPS) is 10.7. The third-order valence-corrected chi connectivity index (χ3v) is 4.47. The fraction of sp³-hybridized carbons (Fsp3) is 0.0952. The number of aryl methyl sites for hydroxylation is 1. The molecule has 0 atom stereocenters. The first-order chi connectivity index (χ1) is 14.5. The average molecular weight is 405 g/mol. The van der Waals surface area contributed by atoms with Crippen molar-refractivity contribution in [2.75, 3.05) is 7.11 Å². The van der Waals surface area contributed by atoms with Gasteiger partial charge in [0.2, 0.25) is 5.75 Å². The number of esters is 1. The highest BCUT2D eigenvalue weighted by Gasteiger charge is 2.24. The summed E-state index contributed by atoms with van der Waals surface area (Å²) in [7, 11) is 1.39. The molecular weight excluding hydrogens is 390 g/mol. The largest absolute Gasteiger partial charge is 0.496 e. The number of pyridine rings is 1. The third kappa shape index (κ3) is 3.44. The van der Waals surface area contributed by atoms with E-state index in [0.29, 0.717) is 16.8 Å². The predicted molar refractivity (Wildman–Crippen MR) is 107 cm³/mol. The van der Waals surface area contributed by atoms with Crippen LogP contribution in [0.25, 0.3) is 22.4 Å². The Labute approximate surface area is 170 Å². The van der Waals surface area contributed by atoms with Gasteiger partial charge in [-0.05, 0) is 25.1 Å². The van der Waals surface area contributed by atoms with Crippen LogP contribution in [-0.2, 0) is 0 Å². The summed E-state index contributed by atoms with van der Waals surface area (Å²) in [6.07, 6.45) is 0. The molecule has 9 nitrogen and oxygen atoms in total. The number of carbonyl (C=O) groups is 1. The molecular formula is C21H15N3O6. The highest BCUT2D eigenvalue weighted by molar-refractivity contribution is 6.05. The van der Waals surface area contributed by atoms with Crippen LogP contribution in [-0.4, -0.2) is 28.1 Å². The summed E-state index contributed by atoms with van der Waals surface area (Å²) < 4.78 is 15.6. The quantitative estimate of drug-likeness (QED) is 0.208. The van der Waals surface area contributed by atoms with E-state index in [1.54, 1.807) is 13.0 Å². The molecule has 4 rings (SSSR count). The van der Waals surface area contributed by atoms with Crippen molar-refractivity contribution in [3.05, 3.63) is 76.0 Å². The summed E-state index contributed by atoms with van der Waals surface area (Å²) in [5.74, 6) is -0.723. The van der Waals surface area contributed by atoms with E-state index in [2.05, 4.69) is 10.1 Å². The monoisotopic (exact) mass is 405 g/mol. The number of ether oxygens (including phenoxy) is 2. The van der Waals surface area contributed by atoms with E-state index in [-0.39, 0.29) is 22.8 Å². The Hall–Kier alpha value is -4.27. The summed E-state index contributed by atoms with van der Waals surface area (Å²) in [5.41, 5.74) is 1.62. The van der Waals surface area contributed by atoms with Crippen molar-refractivity contribution in [3.8, 4) is 22.8 Å². The van der Waals surface area contributed by atoms with Gasteiger partial charge in [-0.1, -0.05) is 35.5 Å². The molecule has 0 amide bonds. The topological polar surface area (TPSA) is 118 Å². The maximum atomic E-state index is 13.0. The summed E-state index contributed by atoms with van der Waals surface area (Å²) in [6.45, 7) is 1.67. The third-order valence-electron chi connectivity index (χ3n) is 4.47. The van der Waals surface area contributed by atoms with E-state index in [1.807, 2.05) is 30.3 Å². The minimum atomic E-state index is -0.792. The molecule has 30 heavy (non-hydrogen) atoms. The highest BCUT2D eigenvalue weighted by atomic mass is 16.6. The molecule has 0 N–H and O–H groups in total. The summed E-state index contributed by atoms with van der Waals surface area (Å²) in [6, 6.07) is 14.7. The number of hydrogen-bond acceptors (Lipinski definition) is 8. The lowest BCUT2D eigenvalue weighted by atomic mass is 10.1. The highest BCUT2D eigenvalue weighted by Crippen LogP contribution is 2.33. The number of methoxy groups -OCH3 is 1. The molecule has 0 fully saturated rings. The molecule has 0 saturated carbocycles. The first kappa shape index (κ1) is 19.1. The van der Waals surface area contributed by atoms with Gasteiger partial charge in [-0.2, -0.15) is 0 Å². The number of benzene rings is 2. The van der Waals surface area contributed by atoms with Gasteiger partial charge in [0.05, 0.1) is 40.4 Å². The second kappa shape index (κ2) is 7.63. The molecule has 2 aromatic heterocycles. The average Bonchev–Trinajstić information content (AvgIpc) is 3.14. The van der Waals surface area contributed by atoms with Crippen molar-refractivity contribution < 1.29 is 23.7 Å². The van der Waals surface area contributed by atoms with Gasteiger partial charge in [-0.25, -0.2) is 9.78 Å². The van der Waals surface area contributed by atoms with Crippen molar-refractivity contribution >= 4 is 22.8 Å². The molecule has 0 spiro atoms. The van der Waals surface area contributed by atoms with E-state index in [9.17, 15) is 14.9 Å². The van der Waals surface area contributed by atoms with Crippen molar-refractivity contribution in [1.82, 2.24) is 10.1 Å². The van der Waals surface area contributed by atoms with Crippen molar-refractivity contribution in [1.29, 1.82) is 0 Å². The van der Waals surface area contributed by atoms with Crippen LogP contribution in [0.5, 0.6) is 11.5 Å². The van der Waals surface area contributed by atoms with Gasteiger partial charge in [-0.15, -0.1) is 0 Å². The van der Waals surface area contributed by atoms with Gasteiger partial charge < -0.3 is 14.0 Å². The Kier molecular flexibility index (Phi) is 4.85. The molecule has 150 valence electrons. The first-order valence-corrected chi connectivity index (χ1v) is 8.85. The number of nitrogens with zero attached hydrogens (tertiary/aromatic N) is 3. The van der Waals surface area contributed by atoms with Crippen molar-refractivity contribution in [2.24, 2.45) is 0 Å². The number of nitro benzene ring substituents is 1. The van der Waals surface area contributed by atoms with Crippen LogP contribution in [0.1, 0.15) is 16.1 Å². The van der Waals surface area contributed by atoms with Crippen LogP contribution < -0.4 is 9.47 Å². The molecule has 0 radical (unpaired) electrons. The molecule has 0 bridgehead atoms. The first-order valence-electron chi connectivity index (χ1n) is 8.85. The molecule has 2 heterocycles. The zero-order valence-corrected chi connectivity index (χ0v) is 16.0. The Bertz CT molecular complexity index is 1270. The Morgan fingerprint density at radius 1 is 1.13 bits per heavy atom. The van der Waals surface area contributed by atoms with Crippen molar-refractivity contribution in [3.63, 3.8) is 0 Å². The second-order valence-corrected chi connectivity index (χ2v) is 6.35. The van der Waals surface area contributed by atoms with Crippen LogP contribution >= 0.6 is 0 Å². The van der Waals surface area contributed by atoms with Gasteiger partial charge in [-0.3, -0.25) is 10.1 Å². The zero-order valence-electron chi connectivity index (χ0n) is 16.0. The van der Waals surface area contributed by atoms with Crippen LogP contribution in [0.4, 0.5) is 5.69 Å². The lowest BCUT2D eigenvalue weighted by Gasteiger charge is -2.09. The summed E-state index contributed by atoms with van der Waals surface area (Å²) in [5, 5.41) is 15.7. The minimum absolute atomic E-state index is 0.141. The SMILES string of the molecule is COc1ccc(OC(=O)c2cc(-c3ccccc3)nc3onc(C)c23)c([N+](=O)[O-])c1. The van der Waals surface area contributed by atoms with E-state index in [4.69, 9.17) is 14.0 Å². The fourth-order valence-electron chi connectivity index (χ4n) is 3.02. The molecule has 2 aromatic carbocycles. The van der Waals surface area contributed by atoms with Gasteiger partial charge in [0.1, 0.15) is 5.75 Å². The lowest BCUT2D eigenvalue weighted by molar-refractivity contribution is -0.385. The number of nitro groups is 1. The fourth-order valence-corrected chi connectivity index (χ4v) is 3.02. The number of hydrogen-bond donors (Lipinski definition) is 0. The molecule has 0 unspecified atom stereocenters. The van der Waals surface area contributed by atoms with E-state index < -0.39 is 16.6 Å². The maximum Gasteiger partial charge on any atom is 0.344 e. The van der Waals surface area contributed by atoms with Crippen LogP contribution in [0.15, 0.2) is 59.1 Å². The molecule has 0 aliphatic carbocycles. The van der Waals surface area contributed by atoms with E-state index in [0.717, 1.165) is 5.56 Å². The molecule has 0 aliphatic rings. The van der Waals surface area contributed by atoms with Crippen LogP contribution in [0.3, 0.4) is 0 Å². The minimum Gasteiger partial charge on any atom is -0.496 e. The Balaban J connectivity index is 1.80. The number of rotatable bonds is 5. The summed E-state index contributed by atoms with van der Waals surface area (Å²) in [4.78, 5) is 28.2. The molecule has 0 aliphatic heterocycles. The number of fused-ring (bicyclic) bond motifs is 1.